The highest BCUT2D eigenvalue weighted by molar-refractivity contribution is 7.83. The molecule has 0 saturated heterocycles. The van der Waals surface area contributed by atoms with Crippen LogP contribution in [0.25, 0.3) is 5.69 Å². The van der Waals surface area contributed by atoms with E-state index in [-0.39, 0.29) is 5.91 Å². The Morgan fingerprint density at radius 1 is 1.16 bits per heavy atom. The third-order valence-electron chi connectivity index (χ3n) is 5.59. The van der Waals surface area contributed by atoms with Crippen molar-refractivity contribution in [3.63, 3.8) is 0 Å². The molecule has 0 spiro atoms. The van der Waals surface area contributed by atoms with Crippen molar-refractivity contribution in [2.45, 2.75) is 45.1 Å². The Labute approximate surface area is 185 Å². The van der Waals surface area contributed by atoms with Crippen LogP contribution in [-0.4, -0.2) is 26.5 Å². The van der Waals surface area contributed by atoms with Gasteiger partial charge in [-0.25, -0.2) is 4.68 Å². The van der Waals surface area contributed by atoms with Gasteiger partial charge in [0, 0.05) is 21.9 Å². The molecule has 2 aromatic carbocycles. The summed E-state index contributed by atoms with van der Waals surface area (Å²) < 4.78 is 19.6. The standard InChI is InChI=1S/C24H27N3O3S/c1-4-5-13-30-19-11-9-18(10-12-19)24(28)25-23-20-14-31(29)15-21(20)26-27(23)22-8-6-7-16(2)17(22)3/h6-12H,4-5,13-15H2,1-3H3,(H,25,28)/t31-/m1/s1. The number of aryl methyl sites for hydroxylation is 1. The first-order chi connectivity index (χ1) is 15.0. The highest BCUT2D eigenvalue weighted by atomic mass is 32.2. The van der Waals surface area contributed by atoms with E-state index in [4.69, 9.17) is 9.84 Å². The minimum atomic E-state index is -0.983. The van der Waals surface area contributed by atoms with Gasteiger partial charge in [-0.3, -0.25) is 9.00 Å². The lowest BCUT2D eigenvalue weighted by Gasteiger charge is -2.14. The van der Waals surface area contributed by atoms with Crippen LogP contribution in [0.15, 0.2) is 42.5 Å². The van der Waals surface area contributed by atoms with Gasteiger partial charge in [-0.05, 0) is 61.7 Å². The van der Waals surface area contributed by atoms with Gasteiger partial charge in [-0.1, -0.05) is 25.5 Å². The molecule has 3 aromatic rings. The topological polar surface area (TPSA) is 73.2 Å². The molecule has 4 rings (SSSR count). The highest BCUT2D eigenvalue weighted by Crippen LogP contribution is 2.33. The molecule has 0 radical (unpaired) electrons. The Hall–Kier alpha value is -2.93. The van der Waals surface area contributed by atoms with Crippen molar-refractivity contribution in [1.29, 1.82) is 0 Å². The van der Waals surface area contributed by atoms with Crippen LogP contribution in [0.1, 0.15) is 52.5 Å². The molecule has 0 aliphatic carbocycles. The van der Waals surface area contributed by atoms with Crippen LogP contribution in [-0.2, 0) is 22.3 Å². The number of carbonyl (C=O) groups is 1. The molecule has 2 heterocycles. The van der Waals surface area contributed by atoms with Crippen LogP contribution in [0, 0.1) is 13.8 Å². The summed E-state index contributed by atoms with van der Waals surface area (Å²) in [4.78, 5) is 13.0. The van der Waals surface area contributed by atoms with Gasteiger partial charge in [0.15, 0.2) is 0 Å². The summed E-state index contributed by atoms with van der Waals surface area (Å²) in [5.74, 6) is 1.94. The molecule has 0 saturated carbocycles. The molecule has 1 aromatic heterocycles. The predicted octanol–water partition coefficient (Wildman–Crippen LogP) is 4.68. The smallest absolute Gasteiger partial charge is 0.256 e. The second-order valence-electron chi connectivity index (χ2n) is 7.81. The number of hydrogen-bond donors (Lipinski definition) is 1. The van der Waals surface area contributed by atoms with Gasteiger partial charge in [0.25, 0.3) is 5.91 Å². The van der Waals surface area contributed by atoms with Gasteiger partial charge in [-0.2, -0.15) is 5.10 Å². The Morgan fingerprint density at radius 3 is 2.68 bits per heavy atom. The first-order valence-corrected chi connectivity index (χ1v) is 12.0. The molecule has 1 aliphatic rings. The summed E-state index contributed by atoms with van der Waals surface area (Å²) in [5, 5.41) is 7.74. The summed E-state index contributed by atoms with van der Waals surface area (Å²) in [5.41, 5.74) is 5.32. The molecule has 1 amide bonds. The number of nitrogens with zero attached hydrogens (tertiary/aromatic N) is 2. The summed E-state index contributed by atoms with van der Waals surface area (Å²) in [6, 6.07) is 13.2. The van der Waals surface area contributed by atoms with Gasteiger partial charge < -0.3 is 10.1 Å². The van der Waals surface area contributed by atoms with Crippen LogP contribution >= 0.6 is 0 Å². The molecule has 0 bridgehead atoms. The number of fused-ring (bicyclic) bond motifs is 1. The van der Waals surface area contributed by atoms with Crippen LogP contribution < -0.4 is 10.1 Å². The Balaban J connectivity index is 1.63. The second kappa shape index (κ2) is 9.06. The van der Waals surface area contributed by atoms with Crippen LogP contribution in [0.3, 0.4) is 0 Å². The van der Waals surface area contributed by atoms with E-state index in [0.717, 1.165) is 46.7 Å². The molecular formula is C24H27N3O3S. The Bertz CT molecular complexity index is 1140. The minimum Gasteiger partial charge on any atom is -0.494 e. The molecule has 0 unspecified atom stereocenters. The molecule has 6 nitrogen and oxygen atoms in total. The van der Waals surface area contributed by atoms with E-state index in [1.54, 1.807) is 16.8 Å². The number of hydrogen-bond acceptors (Lipinski definition) is 4. The van der Waals surface area contributed by atoms with E-state index >= 15 is 0 Å². The highest BCUT2D eigenvalue weighted by Gasteiger charge is 2.29. The number of ether oxygens (including phenoxy) is 1. The Kier molecular flexibility index (Phi) is 6.23. The van der Waals surface area contributed by atoms with Crippen molar-refractivity contribution in [1.82, 2.24) is 9.78 Å². The molecule has 7 heteroatoms. The van der Waals surface area contributed by atoms with Crippen molar-refractivity contribution in [2.24, 2.45) is 0 Å². The number of amides is 1. The zero-order valence-electron chi connectivity index (χ0n) is 18.1. The molecule has 162 valence electrons. The van der Waals surface area contributed by atoms with Crippen molar-refractivity contribution in [3.8, 4) is 11.4 Å². The maximum atomic E-state index is 13.0. The number of carbonyl (C=O) groups excluding carboxylic acids is 1. The number of anilines is 1. The van der Waals surface area contributed by atoms with E-state index in [1.165, 1.54) is 0 Å². The number of nitrogens with one attached hydrogen (secondary N) is 1. The normalized spacial score (nSPS) is 15.0. The lowest BCUT2D eigenvalue weighted by molar-refractivity contribution is 0.102. The van der Waals surface area contributed by atoms with Gasteiger partial charge >= 0.3 is 0 Å². The van der Waals surface area contributed by atoms with Crippen molar-refractivity contribution in [2.75, 3.05) is 11.9 Å². The van der Waals surface area contributed by atoms with Crippen LogP contribution in [0.5, 0.6) is 5.75 Å². The monoisotopic (exact) mass is 437 g/mol. The van der Waals surface area contributed by atoms with Gasteiger partial charge in [0.05, 0.1) is 29.5 Å². The number of rotatable bonds is 7. The van der Waals surface area contributed by atoms with Crippen LogP contribution in [0.4, 0.5) is 5.82 Å². The van der Waals surface area contributed by atoms with E-state index in [1.807, 2.05) is 44.2 Å². The number of aromatic nitrogens is 2. The predicted molar refractivity (Wildman–Crippen MR) is 123 cm³/mol. The van der Waals surface area contributed by atoms with Crippen LogP contribution in [0.2, 0.25) is 0 Å². The zero-order valence-corrected chi connectivity index (χ0v) is 18.9. The van der Waals surface area contributed by atoms with Gasteiger partial charge in [0.2, 0.25) is 0 Å². The average Bonchev–Trinajstić information content (AvgIpc) is 3.27. The largest absolute Gasteiger partial charge is 0.494 e. The van der Waals surface area contributed by atoms with Gasteiger partial charge in [0.1, 0.15) is 11.6 Å². The van der Waals surface area contributed by atoms with Crippen molar-refractivity contribution < 1.29 is 13.7 Å². The van der Waals surface area contributed by atoms with Gasteiger partial charge in [-0.15, -0.1) is 0 Å². The SMILES string of the molecule is CCCCOc1ccc(C(=O)Nc2c3c(nn2-c2cccc(C)c2C)C[S@](=O)C3)cc1. The number of unbranched alkanes of at least 4 members (excludes halogenated alkanes) is 1. The Morgan fingerprint density at radius 2 is 1.94 bits per heavy atom. The molecular weight excluding hydrogens is 410 g/mol. The molecule has 31 heavy (non-hydrogen) atoms. The average molecular weight is 438 g/mol. The fourth-order valence-electron chi connectivity index (χ4n) is 3.61. The molecule has 1 atom stereocenters. The molecule has 1 aliphatic heterocycles. The summed E-state index contributed by atoms with van der Waals surface area (Å²) >= 11 is 0. The minimum absolute atomic E-state index is 0.230. The van der Waals surface area contributed by atoms with E-state index in [0.29, 0.717) is 29.5 Å². The maximum absolute atomic E-state index is 13.0. The van der Waals surface area contributed by atoms with Crippen molar-refractivity contribution >= 4 is 22.5 Å². The fraction of sp³-hybridized carbons (Fsp3) is 0.333. The third kappa shape index (κ3) is 4.42. The first kappa shape index (κ1) is 21.3. The van der Waals surface area contributed by atoms with Crippen molar-refractivity contribution in [3.05, 3.63) is 70.4 Å². The summed E-state index contributed by atoms with van der Waals surface area (Å²) in [7, 11) is -0.983. The summed E-state index contributed by atoms with van der Waals surface area (Å²) in [6.45, 7) is 6.87. The second-order valence-corrected chi connectivity index (χ2v) is 9.27. The lowest BCUT2D eigenvalue weighted by Crippen LogP contribution is -2.17. The maximum Gasteiger partial charge on any atom is 0.256 e. The molecule has 0 fully saturated rings. The number of benzene rings is 2. The van der Waals surface area contributed by atoms with E-state index in [9.17, 15) is 9.00 Å². The fourth-order valence-corrected chi connectivity index (χ4v) is 4.88. The quantitative estimate of drug-likeness (QED) is 0.545. The van der Waals surface area contributed by atoms with E-state index in [2.05, 4.69) is 12.2 Å². The lowest BCUT2D eigenvalue weighted by atomic mass is 10.1. The zero-order chi connectivity index (χ0) is 22.0. The first-order valence-electron chi connectivity index (χ1n) is 10.5. The molecule has 1 N–H and O–H groups in total. The summed E-state index contributed by atoms with van der Waals surface area (Å²) in [6.07, 6.45) is 2.07. The van der Waals surface area contributed by atoms with E-state index < -0.39 is 10.8 Å². The third-order valence-corrected chi connectivity index (χ3v) is 6.80.